The summed E-state index contributed by atoms with van der Waals surface area (Å²) in [5.41, 5.74) is 3.07. The average molecular weight is 359 g/mol. The van der Waals surface area contributed by atoms with E-state index < -0.39 is 0 Å². The number of hydrogen-bond acceptors (Lipinski definition) is 5. The van der Waals surface area contributed by atoms with Crippen molar-refractivity contribution in [2.45, 2.75) is 6.54 Å². The molecule has 0 fully saturated rings. The highest BCUT2D eigenvalue weighted by atomic mass is 16.5. The predicted octanol–water partition coefficient (Wildman–Crippen LogP) is 3.59. The minimum Gasteiger partial charge on any atom is -0.484 e. The van der Waals surface area contributed by atoms with Crippen LogP contribution in [0.3, 0.4) is 0 Å². The van der Waals surface area contributed by atoms with Crippen molar-refractivity contribution in [2.75, 3.05) is 6.61 Å². The van der Waals surface area contributed by atoms with Gasteiger partial charge in [-0.2, -0.15) is 4.98 Å². The van der Waals surface area contributed by atoms with Gasteiger partial charge in [-0.05, 0) is 42.0 Å². The minimum absolute atomic E-state index is 0.0159. The minimum atomic E-state index is -0.173. The molecule has 27 heavy (non-hydrogen) atoms. The van der Waals surface area contributed by atoms with Crippen LogP contribution in [-0.4, -0.2) is 22.5 Å². The number of rotatable bonds is 6. The molecule has 1 N–H and O–H groups in total. The van der Waals surface area contributed by atoms with Crippen LogP contribution in [0.4, 0.5) is 0 Å². The van der Waals surface area contributed by atoms with Gasteiger partial charge in [0.15, 0.2) is 17.8 Å². The summed E-state index contributed by atoms with van der Waals surface area (Å²) in [6.07, 6.45) is 1.68. The van der Waals surface area contributed by atoms with Crippen LogP contribution in [0.15, 0.2) is 77.3 Å². The van der Waals surface area contributed by atoms with Crippen LogP contribution in [0.25, 0.3) is 22.7 Å². The summed E-state index contributed by atoms with van der Waals surface area (Å²) in [4.78, 5) is 20.5. The van der Waals surface area contributed by atoms with Gasteiger partial charge in [-0.1, -0.05) is 30.3 Å². The van der Waals surface area contributed by atoms with Crippen LogP contribution in [0.5, 0.6) is 5.75 Å². The second-order valence-electron chi connectivity index (χ2n) is 5.92. The number of pyridine rings is 1. The molecule has 0 aliphatic rings. The molecule has 0 unspecified atom stereocenters. The fourth-order valence-electron chi connectivity index (χ4n) is 2.57. The lowest BCUT2D eigenvalue weighted by Gasteiger charge is -2.07. The van der Waals surface area contributed by atoms with E-state index in [4.69, 9.17) is 9.15 Å². The lowest BCUT2D eigenvalue weighted by molar-refractivity contribution is -0.123. The number of para-hydroxylation sites is 1. The zero-order chi connectivity index (χ0) is 18.5. The summed E-state index contributed by atoms with van der Waals surface area (Å²) in [7, 11) is 0. The lowest BCUT2D eigenvalue weighted by Crippen LogP contribution is -2.28. The fourth-order valence-corrected chi connectivity index (χ4v) is 2.57. The molecule has 0 saturated heterocycles. The summed E-state index contributed by atoms with van der Waals surface area (Å²) in [5, 5.41) is 2.84. The predicted molar refractivity (Wildman–Crippen MR) is 101 cm³/mol. The normalized spacial score (nSPS) is 10.7. The fraction of sp³-hybridized carbons (Fsp3) is 0.0952. The summed E-state index contributed by atoms with van der Waals surface area (Å²) in [6.45, 7) is 0.407. The highest BCUT2D eigenvalue weighted by Gasteiger charge is 2.09. The maximum absolute atomic E-state index is 11.9. The summed E-state index contributed by atoms with van der Waals surface area (Å²) < 4.78 is 11.1. The zero-order valence-corrected chi connectivity index (χ0v) is 14.5. The summed E-state index contributed by atoms with van der Waals surface area (Å²) in [5.74, 6) is 1.02. The number of oxazole rings is 1. The molecule has 2 aromatic carbocycles. The second-order valence-corrected chi connectivity index (χ2v) is 5.92. The van der Waals surface area contributed by atoms with Crippen LogP contribution in [0.1, 0.15) is 5.56 Å². The number of nitrogens with one attached hydrogen (secondary N) is 1. The molecule has 0 saturated carbocycles. The molecule has 0 radical (unpaired) electrons. The van der Waals surface area contributed by atoms with E-state index in [0.29, 0.717) is 29.4 Å². The van der Waals surface area contributed by atoms with Gasteiger partial charge in [0.2, 0.25) is 5.89 Å². The molecule has 6 heteroatoms. The molecule has 134 valence electrons. The number of carbonyl (C=O) groups excluding carboxylic acids is 1. The van der Waals surface area contributed by atoms with Gasteiger partial charge in [0.05, 0.1) is 0 Å². The van der Waals surface area contributed by atoms with Crippen molar-refractivity contribution in [1.82, 2.24) is 15.3 Å². The Bertz CT molecular complexity index is 1010. The van der Waals surface area contributed by atoms with Gasteiger partial charge < -0.3 is 14.5 Å². The molecular formula is C21H17N3O3. The smallest absolute Gasteiger partial charge is 0.258 e. The Hall–Kier alpha value is -3.67. The van der Waals surface area contributed by atoms with Crippen molar-refractivity contribution in [2.24, 2.45) is 0 Å². The Balaban J connectivity index is 1.33. The van der Waals surface area contributed by atoms with Crippen LogP contribution >= 0.6 is 0 Å². The number of amides is 1. The molecule has 0 atom stereocenters. The number of fused-ring (bicyclic) bond motifs is 1. The molecular weight excluding hydrogens is 342 g/mol. The number of benzene rings is 2. The van der Waals surface area contributed by atoms with Gasteiger partial charge >= 0.3 is 0 Å². The van der Waals surface area contributed by atoms with Crippen LogP contribution < -0.4 is 10.1 Å². The third kappa shape index (κ3) is 4.12. The van der Waals surface area contributed by atoms with Gasteiger partial charge in [-0.3, -0.25) is 4.79 Å². The molecule has 2 heterocycles. The van der Waals surface area contributed by atoms with Gasteiger partial charge in [0.1, 0.15) is 5.75 Å². The molecule has 4 rings (SSSR count). The molecule has 2 aromatic heterocycles. The van der Waals surface area contributed by atoms with Crippen LogP contribution in [0.2, 0.25) is 0 Å². The van der Waals surface area contributed by atoms with Crippen molar-refractivity contribution >= 4 is 17.1 Å². The monoisotopic (exact) mass is 359 g/mol. The first-order valence-corrected chi connectivity index (χ1v) is 8.53. The highest BCUT2D eigenvalue weighted by Crippen LogP contribution is 2.23. The van der Waals surface area contributed by atoms with E-state index in [9.17, 15) is 4.79 Å². The van der Waals surface area contributed by atoms with Crippen molar-refractivity contribution in [3.8, 4) is 17.2 Å². The van der Waals surface area contributed by atoms with E-state index >= 15 is 0 Å². The number of hydrogen-bond donors (Lipinski definition) is 1. The Labute approximate surface area is 155 Å². The first-order valence-electron chi connectivity index (χ1n) is 8.53. The summed E-state index contributed by atoms with van der Waals surface area (Å²) >= 11 is 0. The maximum atomic E-state index is 11.9. The molecule has 0 spiro atoms. The second kappa shape index (κ2) is 7.70. The largest absolute Gasteiger partial charge is 0.484 e. The van der Waals surface area contributed by atoms with Crippen molar-refractivity contribution < 1.29 is 13.9 Å². The Morgan fingerprint density at radius 3 is 2.59 bits per heavy atom. The Morgan fingerprint density at radius 2 is 1.81 bits per heavy atom. The van der Waals surface area contributed by atoms with E-state index in [-0.39, 0.29) is 12.5 Å². The first kappa shape index (κ1) is 16.8. The van der Waals surface area contributed by atoms with Crippen molar-refractivity contribution in [1.29, 1.82) is 0 Å². The average Bonchev–Trinajstić information content (AvgIpc) is 3.16. The Morgan fingerprint density at radius 1 is 1.00 bits per heavy atom. The van der Waals surface area contributed by atoms with Gasteiger partial charge in [-0.25, -0.2) is 4.98 Å². The SMILES string of the molecule is O=C(COc1ccccc1)NCc1ccc(-c2nc3ncccc3o2)cc1. The van der Waals surface area contributed by atoms with E-state index in [1.807, 2.05) is 66.7 Å². The molecule has 0 aliphatic carbocycles. The summed E-state index contributed by atoms with van der Waals surface area (Å²) in [6, 6.07) is 20.6. The Kier molecular flexibility index (Phi) is 4.78. The van der Waals surface area contributed by atoms with Gasteiger partial charge in [0.25, 0.3) is 5.91 Å². The standard InChI is InChI=1S/C21H17N3O3/c25-19(14-26-17-5-2-1-3-6-17)23-13-15-8-10-16(11-9-15)21-24-20-18(27-21)7-4-12-22-20/h1-12H,13-14H2,(H,23,25). The van der Waals surface area contributed by atoms with Crippen LogP contribution in [-0.2, 0) is 11.3 Å². The number of nitrogens with zero attached hydrogens (tertiary/aromatic N) is 2. The van der Waals surface area contributed by atoms with E-state index in [1.54, 1.807) is 6.20 Å². The lowest BCUT2D eigenvalue weighted by atomic mass is 10.1. The zero-order valence-electron chi connectivity index (χ0n) is 14.5. The van der Waals surface area contributed by atoms with E-state index in [0.717, 1.165) is 11.1 Å². The number of carbonyl (C=O) groups is 1. The molecule has 1 amide bonds. The number of aromatic nitrogens is 2. The third-order valence-corrected chi connectivity index (χ3v) is 3.97. The molecule has 4 aromatic rings. The van der Waals surface area contributed by atoms with Crippen molar-refractivity contribution in [3.05, 3.63) is 78.5 Å². The molecule has 6 nitrogen and oxygen atoms in total. The molecule has 0 aliphatic heterocycles. The highest BCUT2D eigenvalue weighted by molar-refractivity contribution is 5.77. The first-order chi connectivity index (χ1) is 13.3. The van der Waals surface area contributed by atoms with Gasteiger partial charge in [0, 0.05) is 18.3 Å². The van der Waals surface area contributed by atoms with Gasteiger partial charge in [-0.15, -0.1) is 0 Å². The van der Waals surface area contributed by atoms with Crippen molar-refractivity contribution in [3.63, 3.8) is 0 Å². The quantitative estimate of drug-likeness (QED) is 0.569. The number of ether oxygens (including phenoxy) is 1. The maximum Gasteiger partial charge on any atom is 0.258 e. The third-order valence-electron chi connectivity index (χ3n) is 3.97. The van der Waals surface area contributed by atoms with Crippen LogP contribution in [0, 0.1) is 0 Å². The van der Waals surface area contributed by atoms with E-state index in [2.05, 4.69) is 15.3 Å². The molecule has 0 bridgehead atoms. The topological polar surface area (TPSA) is 77.2 Å². The van der Waals surface area contributed by atoms with E-state index in [1.165, 1.54) is 0 Å².